The van der Waals surface area contributed by atoms with Gasteiger partial charge in [-0.15, -0.1) is 0 Å². The van der Waals surface area contributed by atoms with Crippen LogP contribution in [0.15, 0.2) is 0 Å². The highest BCUT2D eigenvalue weighted by Crippen LogP contribution is 2.24. The molecule has 0 spiro atoms. The van der Waals surface area contributed by atoms with Crippen LogP contribution in [-0.2, 0) is 9.53 Å². The third-order valence-corrected chi connectivity index (χ3v) is 4.50. The van der Waals surface area contributed by atoms with Crippen LogP contribution in [0.25, 0.3) is 0 Å². The van der Waals surface area contributed by atoms with Gasteiger partial charge in [0.2, 0.25) is 5.91 Å². The van der Waals surface area contributed by atoms with Gasteiger partial charge in [-0.2, -0.15) is 0 Å². The molecule has 110 valence electrons. The van der Waals surface area contributed by atoms with Gasteiger partial charge in [-0.05, 0) is 25.3 Å². The highest BCUT2D eigenvalue weighted by molar-refractivity contribution is 5.78. The van der Waals surface area contributed by atoms with E-state index in [0.29, 0.717) is 32.3 Å². The van der Waals surface area contributed by atoms with Gasteiger partial charge in [0.25, 0.3) is 0 Å². The molecule has 0 aromatic rings. The van der Waals surface area contributed by atoms with E-state index in [1.54, 1.807) is 0 Å². The van der Waals surface area contributed by atoms with Gasteiger partial charge in [0.1, 0.15) is 0 Å². The second-order valence-corrected chi connectivity index (χ2v) is 5.65. The molecule has 19 heavy (non-hydrogen) atoms. The monoisotopic (exact) mass is 269 g/mol. The van der Waals surface area contributed by atoms with Crippen LogP contribution >= 0.6 is 0 Å². The lowest BCUT2D eigenvalue weighted by Crippen LogP contribution is -2.52. The fourth-order valence-electron chi connectivity index (χ4n) is 3.09. The quantitative estimate of drug-likeness (QED) is 0.797. The minimum atomic E-state index is 0.233. The minimum absolute atomic E-state index is 0.233. The van der Waals surface area contributed by atoms with Crippen molar-refractivity contribution in [1.82, 2.24) is 9.80 Å². The molecule has 5 heteroatoms. The highest BCUT2D eigenvalue weighted by atomic mass is 16.5. The van der Waals surface area contributed by atoms with Crippen molar-refractivity contribution in [2.24, 2.45) is 11.7 Å². The molecule has 2 aliphatic rings. The molecule has 0 aliphatic carbocycles. The van der Waals surface area contributed by atoms with Crippen molar-refractivity contribution in [2.75, 3.05) is 45.9 Å². The van der Waals surface area contributed by atoms with Crippen LogP contribution in [0.3, 0.4) is 0 Å². The molecule has 2 atom stereocenters. The Balaban J connectivity index is 1.84. The Hall–Kier alpha value is -0.650. The molecule has 2 rings (SSSR count). The van der Waals surface area contributed by atoms with Gasteiger partial charge >= 0.3 is 0 Å². The molecule has 0 aromatic heterocycles. The van der Waals surface area contributed by atoms with Gasteiger partial charge in [0, 0.05) is 25.7 Å². The highest BCUT2D eigenvalue weighted by Gasteiger charge is 2.29. The second-order valence-electron chi connectivity index (χ2n) is 5.65. The Morgan fingerprint density at radius 3 is 2.68 bits per heavy atom. The maximum absolute atomic E-state index is 12.3. The molecule has 2 fully saturated rings. The largest absolute Gasteiger partial charge is 0.378 e. The maximum atomic E-state index is 12.3. The van der Waals surface area contributed by atoms with Gasteiger partial charge in [-0.25, -0.2) is 0 Å². The van der Waals surface area contributed by atoms with Crippen LogP contribution in [0.4, 0.5) is 0 Å². The summed E-state index contributed by atoms with van der Waals surface area (Å²) in [5, 5.41) is 0. The normalized spacial score (nSPS) is 29.5. The summed E-state index contributed by atoms with van der Waals surface area (Å²) in [5.41, 5.74) is 5.88. The summed E-state index contributed by atoms with van der Waals surface area (Å²) in [6, 6.07) is 0.378. The first-order chi connectivity index (χ1) is 9.24. The Kier molecular flexibility index (Phi) is 5.60. The molecule has 0 radical (unpaired) electrons. The summed E-state index contributed by atoms with van der Waals surface area (Å²) >= 11 is 0. The van der Waals surface area contributed by atoms with E-state index < -0.39 is 0 Å². The van der Waals surface area contributed by atoms with E-state index >= 15 is 0 Å². The van der Waals surface area contributed by atoms with E-state index in [4.69, 9.17) is 10.5 Å². The molecule has 0 bridgehead atoms. The van der Waals surface area contributed by atoms with E-state index in [9.17, 15) is 4.79 Å². The second kappa shape index (κ2) is 7.22. The third-order valence-electron chi connectivity index (χ3n) is 4.50. The summed E-state index contributed by atoms with van der Waals surface area (Å²) in [6.45, 7) is 7.25. The first-order valence-electron chi connectivity index (χ1n) is 7.54. The molecular weight excluding hydrogens is 242 g/mol. The molecule has 2 N–H and O–H groups in total. The lowest BCUT2D eigenvalue weighted by Gasteiger charge is -2.39. The van der Waals surface area contributed by atoms with Crippen LogP contribution < -0.4 is 5.73 Å². The smallest absolute Gasteiger partial charge is 0.236 e. The van der Waals surface area contributed by atoms with Crippen molar-refractivity contribution >= 4 is 5.91 Å². The van der Waals surface area contributed by atoms with Crippen LogP contribution in [0, 0.1) is 5.92 Å². The van der Waals surface area contributed by atoms with Crippen molar-refractivity contribution in [3.05, 3.63) is 0 Å². The standard InChI is InChI=1S/C14H27N3O2/c1-2-12-3-4-17(13(9-12)10-15)11-14(18)16-5-7-19-8-6-16/h12-13H,2-11,15H2,1H3. The lowest BCUT2D eigenvalue weighted by atomic mass is 9.89. The summed E-state index contributed by atoms with van der Waals surface area (Å²) in [6.07, 6.45) is 3.56. The lowest BCUT2D eigenvalue weighted by molar-refractivity contribution is -0.137. The number of carbonyl (C=O) groups is 1. The molecule has 2 saturated heterocycles. The topological polar surface area (TPSA) is 58.8 Å². The molecule has 0 aromatic carbocycles. The number of hydrogen-bond acceptors (Lipinski definition) is 4. The fourth-order valence-corrected chi connectivity index (χ4v) is 3.09. The van der Waals surface area contributed by atoms with Crippen LogP contribution in [0.5, 0.6) is 0 Å². The Morgan fingerprint density at radius 1 is 1.32 bits per heavy atom. The van der Waals surface area contributed by atoms with E-state index in [1.807, 2.05) is 4.90 Å². The average molecular weight is 269 g/mol. The number of amides is 1. The van der Waals surface area contributed by atoms with Crippen molar-refractivity contribution < 1.29 is 9.53 Å². The first-order valence-corrected chi connectivity index (χ1v) is 7.54. The minimum Gasteiger partial charge on any atom is -0.378 e. The summed E-state index contributed by atoms with van der Waals surface area (Å²) in [4.78, 5) is 16.5. The molecule has 2 heterocycles. The van der Waals surface area contributed by atoms with Crippen molar-refractivity contribution in [3.8, 4) is 0 Å². The molecule has 1 amide bonds. The predicted octanol–water partition coefficient (Wildman–Crippen LogP) is 0.295. The number of nitrogens with zero attached hydrogens (tertiary/aromatic N) is 2. The van der Waals surface area contributed by atoms with Crippen molar-refractivity contribution in [2.45, 2.75) is 32.2 Å². The zero-order valence-electron chi connectivity index (χ0n) is 12.0. The number of rotatable bonds is 4. The number of carbonyl (C=O) groups excluding carboxylic acids is 1. The number of morpholine rings is 1. The molecule has 2 aliphatic heterocycles. The zero-order valence-corrected chi connectivity index (χ0v) is 12.0. The van der Waals surface area contributed by atoms with E-state index in [-0.39, 0.29) is 5.91 Å². The predicted molar refractivity (Wildman–Crippen MR) is 74.8 cm³/mol. The van der Waals surface area contributed by atoms with Gasteiger partial charge in [-0.3, -0.25) is 9.69 Å². The fraction of sp³-hybridized carbons (Fsp3) is 0.929. The first kappa shape index (κ1) is 14.8. The van der Waals surface area contributed by atoms with Crippen LogP contribution in [-0.4, -0.2) is 67.7 Å². The Labute approximate surface area is 116 Å². The molecule has 2 unspecified atom stereocenters. The Bertz CT molecular complexity index is 292. The number of nitrogens with two attached hydrogens (primary N) is 1. The molecular formula is C14H27N3O2. The van der Waals surface area contributed by atoms with Gasteiger partial charge in [-0.1, -0.05) is 13.3 Å². The number of hydrogen-bond donors (Lipinski definition) is 1. The molecule has 5 nitrogen and oxygen atoms in total. The Morgan fingerprint density at radius 2 is 2.05 bits per heavy atom. The summed E-state index contributed by atoms with van der Waals surface area (Å²) in [7, 11) is 0. The maximum Gasteiger partial charge on any atom is 0.236 e. The van der Waals surface area contributed by atoms with Crippen LogP contribution in [0.1, 0.15) is 26.2 Å². The molecule has 0 saturated carbocycles. The van der Waals surface area contributed by atoms with E-state index in [1.165, 1.54) is 12.8 Å². The average Bonchev–Trinajstić information content (AvgIpc) is 2.48. The summed E-state index contributed by atoms with van der Waals surface area (Å²) < 4.78 is 5.28. The van der Waals surface area contributed by atoms with Gasteiger partial charge in [0.15, 0.2) is 0 Å². The van der Waals surface area contributed by atoms with Crippen molar-refractivity contribution in [1.29, 1.82) is 0 Å². The summed E-state index contributed by atoms with van der Waals surface area (Å²) in [5.74, 6) is 1.01. The van der Waals surface area contributed by atoms with E-state index in [0.717, 1.165) is 32.0 Å². The number of likely N-dealkylation sites (tertiary alicyclic amines) is 1. The number of ether oxygens (including phenoxy) is 1. The van der Waals surface area contributed by atoms with E-state index in [2.05, 4.69) is 11.8 Å². The third kappa shape index (κ3) is 3.91. The number of piperidine rings is 1. The van der Waals surface area contributed by atoms with Gasteiger partial charge < -0.3 is 15.4 Å². The van der Waals surface area contributed by atoms with Gasteiger partial charge in [0.05, 0.1) is 19.8 Å². The van der Waals surface area contributed by atoms with Crippen molar-refractivity contribution in [3.63, 3.8) is 0 Å². The zero-order chi connectivity index (χ0) is 13.7. The SMILES string of the molecule is CCC1CCN(CC(=O)N2CCOCC2)C(CN)C1. The van der Waals surface area contributed by atoms with Crippen LogP contribution in [0.2, 0.25) is 0 Å².